The molecule has 120 heavy (non-hydrogen) atoms. The quantitative estimate of drug-likeness (QED) is 0.0200. The molecule has 14 atom stereocenters. The molecule has 0 spiro atoms. The molecule has 14 unspecified atom stereocenters. The van der Waals surface area contributed by atoms with Crippen LogP contribution >= 0.6 is 11.8 Å². The van der Waals surface area contributed by atoms with Gasteiger partial charge in [0.1, 0.15) is 84.4 Å². The zero-order valence-corrected chi connectivity index (χ0v) is 67.1. The molecule has 0 radical (unpaired) electrons. The topological polar surface area (TPSA) is 679 Å². The predicted octanol–water partition coefficient (Wildman–Crippen LogP) is -5.88. The number of hydrogen-bond donors (Lipinski definition) is 21. The van der Waals surface area contributed by atoms with Gasteiger partial charge in [0.05, 0.1) is 18.9 Å². The minimum absolute atomic E-state index is 0.102. The van der Waals surface area contributed by atoms with E-state index in [4.69, 9.17) is 43.9 Å². The second-order valence-corrected chi connectivity index (χ2v) is 30.6. The first-order valence-corrected chi connectivity index (χ1v) is 39.9. The number of carbonyl (C=O) groups excluding carboxylic acids is 17. The maximum absolute atomic E-state index is 15.7. The lowest BCUT2D eigenvalue weighted by atomic mass is 9.87. The molecule has 0 aromatic heterocycles. The molecule has 0 bridgehead atoms. The fourth-order valence-electron chi connectivity index (χ4n) is 13.7. The van der Waals surface area contributed by atoms with Gasteiger partial charge in [0.25, 0.3) is 0 Å². The van der Waals surface area contributed by atoms with Crippen molar-refractivity contribution in [2.24, 2.45) is 34.4 Å². The summed E-state index contributed by atoms with van der Waals surface area (Å²) in [5, 5.41) is 56.1. The highest BCUT2D eigenvalue weighted by molar-refractivity contribution is 7.99. The molecule has 41 nitrogen and oxygen atoms in total. The highest BCUT2D eigenvalue weighted by atomic mass is 32.2. The van der Waals surface area contributed by atoms with E-state index < -0.39 is 260 Å². The fourth-order valence-corrected chi connectivity index (χ4v) is 14.7. The number of fused-ring (bicyclic) bond motifs is 2. The molecule has 0 saturated carbocycles. The Balaban J connectivity index is 1.30. The van der Waals surface area contributed by atoms with Crippen molar-refractivity contribution in [2.45, 2.75) is 201 Å². The van der Waals surface area contributed by atoms with Crippen molar-refractivity contribution in [3.63, 3.8) is 0 Å². The van der Waals surface area contributed by atoms with Gasteiger partial charge in [-0.05, 0) is 97.4 Å². The molecule has 0 aliphatic carbocycles. The number of nitrogens with two attached hydrogens (primary N) is 6. The average Bonchev–Trinajstić information content (AvgIpc) is 1.65. The van der Waals surface area contributed by atoms with Crippen LogP contribution < -0.4 is 108 Å². The smallest absolute Gasteiger partial charge is 0.303 e. The SMILES string of the molecule is CC(=O)NC1CCSCC(C(=O)NC(Cc2ccc(OCCN)cc2)C(=O)NC(Cc2ccc3ccccc3c2)C(=O)NC2(C(=O)NC(CCC(=O)O)C(=O)NC(CC(N)=O)C(=O)NC(CC(N)=O)C(N)=O)CCOCC2)NC(=O)C(CCC(N)=O)NC(=O)C(CC2c3ccccc3NC2C)NC(=O)C(C(C)O)NC(=O)C(CCC(N)=O)NC1=O. The highest BCUT2D eigenvalue weighted by Crippen LogP contribution is 2.39. The maximum atomic E-state index is 15.7. The van der Waals surface area contributed by atoms with E-state index in [-0.39, 0.29) is 64.2 Å². The number of thioether (sulfide) groups is 1. The molecule has 3 aliphatic heterocycles. The van der Waals surface area contributed by atoms with Crippen molar-refractivity contribution < 1.29 is 106 Å². The van der Waals surface area contributed by atoms with Crippen LogP contribution in [0.25, 0.3) is 10.8 Å². The number of carboxylic acid groups (broad SMARTS) is 1. The molecule has 3 heterocycles. The van der Waals surface area contributed by atoms with Crippen molar-refractivity contribution in [1.29, 1.82) is 0 Å². The van der Waals surface area contributed by atoms with E-state index in [2.05, 4.69) is 69.1 Å². The number of nitrogens with one attached hydrogen (secondary N) is 13. The number of aliphatic hydroxyl groups excluding tert-OH is 1. The predicted molar refractivity (Wildman–Crippen MR) is 431 cm³/mol. The normalized spacial score (nSPS) is 21.2. The standard InChI is InChI=1S/C78H105N19O22S/c1-39-48(47-10-6-7-11-49(47)85-39)35-57-72(112)88-50(18-21-60(80)100)67(107)94-59(38-120-31-24-53(86-41(3)99)69(109)87-51(19-22-61(81)101)70(110)96-65(40(2)98)76(116)93-57)74(114)90-55(33-42-13-16-46(17-14-42)119-30-27-79)71(111)91-56(34-43-12-15-44-8-4-5-9-45(44)32-43)75(115)97-78(25-28-118-29-26-78)77(117)95-52(20-23-64(104)105)68(108)92-58(37-63(83)103)73(113)89-54(66(84)106)36-62(82)102/h4-17,32,39-40,48,50-59,65,85,98H,18-31,33-38,79H2,1-3H3,(H2,80,100)(H2,81,101)(H2,82,102)(H2,83,103)(H2,84,106)(H,86,99)(H,87,109)(H,88,112)(H,89,113)(H,90,114)(H,91,111)(H,92,108)(H,93,116)(H,94,107)(H,95,117)(H,96,110)(H,97,115)(H,104,105). The van der Waals surface area contributed by atoms with Crippen molar-refractivity contribution in [3.05, 3.63) is 108 Å². The number of carboxylic acids is 1. The Labute approximate surface area is 693 Å². The van der Waals surface area contributed by atoms with Gasteiger partial charge in [-0.1, -0.05) is 72.8 Å². The summed E-state index contributed by atoms with van der Waals surface area (Å²) in [7, 11) is 0. The molecule has 42 heteroatoms. The Kier molecular flexibility index (Phi) is 35.8. The van der Waals surface area contributed by atoms with Crippen LogP contribution in [0.15, 0.2) is 91.0 Å². The van der Waals surface area contributed by atoms with Gasteiger partial charge in [-0.25, -0.2) is 0 Å². The molecule has 7 rings (SSSR count). The number of carbonyl (C=O) groups is 18. The lowest BCUT2D eigenvalue weighted by molar-refractivity contribution is -0.142. The van der Waals surface area contributed by atoms with Gasteiger partial charge in [0.15, 0.2) is 0 Å². The summed E-state index contributed by atoms with van der Waals surface area (Å²) in [5.41, 5.74) is 33.0. The van der Waals surface area contributed by atoms with E-state index in [0.717, 1.165) is 31.0 Å². The summed E-state index contributed by atoms with van der Waals surface area (Å²) in [6, 6.07) is 5.78. The Morgan fingerprint density at radius 2 is 1.14 bits per heavy atom. The van der Waals surface area contributed by atoms with Crippen LogP contribution in [0.1, 0.15) is 120 Å². The number of benzene rings is 4. The molecule has 650 valence electrons. The largest absolute Gasteiger partial charge is 0.492 e. The maximum Gasteiger partial charge on any atom is 0.303 e. The zero-order chi connectivity index (χ0) is 88.1. The van der Waals surface area contributed by atoms with Gasteiger partial charge in [-0.2, -0.15) is 11.8 Å². The molecule has 17 amide bonds. The Hall–Kier alpha value is -12.6. The number of rotatable bonds is 37. The number of anilines is 1. The Morgan fingerprint density at radius 1 is 0.592 bits per heavy atom. The summed E-state index contributed by atoms with van der Waals surface area (Å²) in [4.78, 5) is 250. The number of primary amides is 5. The summed E-state index contributed by atoms with van der Waals surface area (Å²) in [5.74, 6) is -20.8. The zero-order valence-electron chi connectivity index (χ0n) is 66.3. The van der Waals surface area contributed by atoms with Gasteiger partial charge in [-0.15, -0.1) is 0 Å². The molecule has 4 aromatic rings. The summed E-state index contributed by atoms with van der Waals surface area (Å²) in [6.07, 6.45) is -9.03. The van der Waals surface area contributed by atoms with Crippen LogP contribution in [0.2, 0.25) is 0 Å². The number of aliphatic hydroxyl groups is 1. The summed E-state index contributed by atoms with van der Waals surface area (Å²) >= 11 is 0.911. The Morgan fingerprint density at radius 3 is 1.76 bits per heavy atom. The Bertz CT molecular complexity index is 4440. The monoisotopic (exact) mass is 1690 g/mol. The first kappa shape index (κ1) is 94.6. The molecule has 27 N–H and O–H groups in total. The van der Waals surface area contributed by atoms with Crippen molar-refractivity contribution in [3.8, 4) is 5.75 Å². The van der Waals surface area contributed by atoms with Gasteiger partial charge < -0.3 is 123 Å². The third-order valence-corrected chi connectivity index (χ3v) is 21.2. The number of ether oxygens (including phenoxy) is 2. The highest BCUT2D eigenvalue weighted by Gasteiger charge is 2.46. The lowest BCUT2D eigenvalue weighted by Gasteiger charge is -2.38. The van der Waals surface area contributed by atoms with Crippen LogP contribution in [-0.2, 0) is 104 Å². The summed E-state index contributed by atoms with van der Waals surface area (Å²) < 4.78 is 11.4. The molecule has 2 saturated heterocycles. The third kappa shape index (κ3) is 28.9. The third-order valence-electron chi connectivity index (χ3n) is 20.1. The second kappa shape index (κ2) is 45.4. The van der Waals surface area contributed by atoms with Gasteiger partial charge >= 0.3 is 5.97 Å². The van der Waals surface area contributed by atoms with Gasteiger partial charge in [-0.3, -0.25) is 86.3 Å². The first-order chi connectivity index (χ1) is 56.9. The van der Waals surface area contributed by atoms with Crippen LogP contribution in [0, 0.1) is 0 Å². The average molecular weight is 1690 g/mol. The number of amides is 17. The van der Waals surface area contributed by atoms with Crippen molar-refractivity contribution >= 4 is 135 Å². The lowest BCUT2D eigenvalue weighted by Crippen LogP contribution is -2.67. The minimum Gasteiger partial charge on any atom is -0.492 e. The van der Waals surface area contributed by atoms with E-state index >= 15 is 28.8 Å². The van der Waals surface area contributed by atoms with Crippen molar-refractivity contribution in [1.82, 2.24) is 63.8 Å². The van der Waals surface area contributed by atoms with Crippen molar-refractivity contribution in [2.75, 3.05) is 43.2 Å². The van der Waals surface area contributed by atoms with E-state index in [1.165, 1.54) is 0 Å². The second-order valence-electron chi connectivity index (χ2n) is 29.5. The minimum atomic E-state index is -2.09. The molecular weight excluding hydrogens is 1590 g/mol. The number of hydrogen-bond acceptors (Lipinski definition) is 24. The van der Waals surface area contributed by atoms with E-state index in [9.17, 15) is 67.7 Å². The molecule has 4 aromatic carbocycles. The fraction of sp³-hybridized carbons (Fsp3) is 0.487. The molecule has 2 fully saturated rings. The number of aliphatic carboxylic acids is 1. The van der Waals surface area contributed by atoms with E-state index in [1.807, 2.05) is 6.07 Å². The van der Waals surface area contributed by atoms with Crippen LogP contribution in [0.3, 0.4) is 0 Å². The van der Waals surface area contributed by atoms with Crippen LogP contribution in [0.4, 0.5) is 5.69 Å². The van der Waals surface area contributed by atoms with Gasteiger partial charge in [0.2, 0.25) is 100 Å². The molecular formula is C78H105N19O22S. The number of para-hydroxylation sites is 1. The van der Waals surface area contributed by atoms with Gasteiger partial charge in [0, 0.05) is 95.0 Å². The molecule has 3 aliphatic rings. The van der Waals surface area contributed by atoms with Crippen LogP contribution in [0.5, 0.6) is 5.75 Å². The van der Waals surface area contributed by atoms with Crippen LogP contribution in [-0.4, -0.2) is 239 Å². The van der Waals surface area contributed by atoms with E-state index in [0.29, 0.717) is 33.5 Å². The summed E-state index contributed by atoms with van der Waals surface area (Å²) in [6.45, 7) is 3.83. The van der Waals surface area contributed by atoms with E-state index in [1.54, 1.807) is 91.9 Å². The first-order valence-electron chi connectivity index (χ1n) is 38.8.